The first kappa shape index (κ1) is 20.1. The molecule has 146 valence electrons. The predicted octanol–water partition coefficient (Wildman–Crippen LogP) is 4.95. The van der Waals surface area contributed by atoms with Crippen molar-refractivity contribution in [2.24, 2.45) is 5.92 Å². The summed E-state index contributed by atoms with van der Waals surface area (Å²) in [6.07, 6.45) is 3.94. The van der Waals surface area contributed by atoms with Gasteiger partial charge in [-0.2, -0.15) is 11.3 Å². The van der Waals surface area contributed by atoms with Crippen LogP contribution in [0.1, 0.15) is 30.5 Å². The van der Waals surface area contributed by atoms with Crippen molar-refractivity contribution in [3.63, 3.8) is 0 Å². The van der Waals surface area contributed by atoms with E-state index in [1.807, 2.05) is 58.1 Å². The molecule has 0 bridgehead atoms. The van der Waals surface area contributed by atoms with Gasteiger partial charge in [-0.05, 0) is 63.7 Å². The molecule has 2 aromatic heterocycles. The minimum Gasteiger partial charge on any atom is -0.493 e. The van der Waals surface area contributed by atoms with Gasteiger partial charge >= 0.3 is 0 Å². The highest BCUT2D eigenvalue weighted by atomic mass is 32.1. The van der Waals surface area contributed by atoms with Crippen molar-refractivity contribution >= 4 is 17.2 Å². The molecule has 4 nitrogen and oxygen atoms in total. The fourth-order valence-corrected chi connectivity index (χ4v) is 3.46. The van der Waals surface area contributed by atoms with Gasteiger partial charge in [0.1, 0.15) is 5.75 Å². The number of nitrogens with zero attached hydrogens (tertiary/aromatic N) is 2. The molecule has 0 fully saturated rings. The van der Waals surface area contributed by atoms with Crippen LogP contribution in [0.15, 0.2) is 65.6 Å². The summed E-state index contributed by atoms with van der Waals surface area (Å²) in [7, 11) is 0. The monoisotopic (exact) mass is 394 g/mol. The van der Waals surface area contributed by atoms with Crippen molar-refractivity contribution in [1.82, 2.24) is 9.88 Å². The summed E-state index contributed by atoms with van der Waals surface area (Å²) in [6.45, 7) is 6.09. The van der Waals surface area contributed by atoms with Gasteiger partial charge in [-0.3, -0.25) is 9.78 Å². The van der Waals surface area contributed by atoms with Crippen LogP contribution in [-0.2, 0) is 24.3 Å². The second kappa shape index (κ2) is 10.0. The zero-order chi connectivity index (χ0) is 19.8. The van der Waals surface area contributed by atoms with Gasteiger partial charge in [0.05, 0.1) is 13.0 Å². The third-order valence-electron chi connectivity index (χ3n) is 4.29. The smallest absolute Gasteiger partial charge is 0.227 e. The fraction of sp³-hybridized carbons (Fsp3) is 0.304. The summed E-state index contributed by atoms with van der Waals surface area (Å²) in [6, 6.07) is 13.9. The highest BCUT2D eigenvalue weighted by molar-refractivity contribution is 7.08. The van der Waals surface area contributed by atoms with Crippen LogP contribution in [0, 0.1) is 5.92 Å². The molecular weight excluding hydrogens is 368 g/mol. The molecule has 0 atom stereocenters. The number of carbonyl (C=O) groups excluding carboxylic acids is 1. The number of ether oxygens (including phenoxy) is 1. The summed E-state index contributed by atoms with van der Waals surface area (Å²) in [5, 5.41) is 4.04. The van der Waals surface area contributed by atoms with E-state index in [2.05, 4.69) is 18.8 Å². The second-order valence-electron chi connectivity index (χ2n) is 7.26. The molecule has 0 saturated carbocycles. The minimum absolute atomic E-state index is 0.121. The zero-order valence-corrected chi connectivity index (χ0v) is 17.2. The van der Waals surface area contributed by atoms with Crippen LogP contribution in [0.2, 0.25) is 0 Å². The van der Waals surface area contributed by atoms with Crippen molar-refractivity contribution < 1.29 is 9.53 Å². The fourth-order valence-electron chi connectivity index (χ4n) is 2.79. The van der Waals surface area contributed by atoms with Crippen LogP contribution in [-0.4, -0.2) is 22.4 Å². The molecule has 0 aliphatic heterocycles. The van der Waals surface area contributed by atoms with E-state index in [9.17, 15) is 4.79 Å². The first-order valence-corrected chi connectivity index (χ1v) is 10.4. The maximum atomic E-state index is 13.0. The number of hydrogen-bond donors (Lipinski definition) is 0. The lowest BCUT2D eigenvalue weighted by Gasteiger charge is -2.23. The van der Waals surface area contributed by atoms with Gasteiger partial charge in [-0.25, -0.2) is 0 Å². The van der Waals surface area contributed by atoms with E-state index >= 15 is 0 Å². The van der Waals surface area contributed by atoms with Gasteiger partial charge in [0.2, 0.25) is 5.91 Å². The topological polar surface area (TPSA) is 42.4 Å². The largest absolute Gasteiger partial charge is 0.493 e. The van der Waals surface area contributed by atoms with Gasteiger partial charge in [-0.1, -0.05) is 26.0 Å². The number of amides is 1. The molecule has 1 aromatic carbocycles. The van der Waals surface area contributed by atoms with Gasteiger partial charge in [0.25, 0.3) is 0 Å². The van der Waals surface area contributed by atoms with Crippen molar-refractivity contribution in [3.8, 4) is 5.75 Å². The molecule has 0 radical (unpaired) electrons. The molecule has 28 heavy (non-hydrogen) atoms. The van der Waals surface area contributed by atoms with Gasteiger partial charge in [0.15, 0.2) is 0 Å². The Morgan fingerprint density at radius 1 is 1.00 bits per heavy atom. The minimum atomic E-state index is 0.121. The molecule has 0 N–H and O–H groups in total. The third kappa shape index (κ3) is 6.20. The highest BCUT2D eigenvalue weighted by Gasteiger charge is 2.16. The van der Waals surface area contributed by atoms with Crippen molar-refractivity contribution in [1.29, 1.82) is 0 Å². The Morgan fingerprint density at radius 3 is 2.29 bits per heavy atom. The van der Waals surface area contributed by atoms with E-state index in [0.717, 1.165) is 22.4 Å². The van der Waals surface area contributed by atoms with E-state index < -0.39 is 0 Å². The van der Waals surface area contributed by atoms with Crippen LogP contribution < -0.4 is 4.74 Å². The zero-order valence-electron chi connectivity index (χ0n) is 16.4. The maximum absolute atomic E-state index is 13.0. The Hall–Kier alpha value is -2.66. The average Bonchev–Trinajstić information content (AvgIpc) is 3.20. The van der Waals surface area contributed by atoms with Crippen molar-refractivity contribution in [2.75, 3.05) is 6.61 Å². The van der Waals surface area contributed by atoms with Crippen LogP contribution in [0.4, 0.5) is 0 Å². The SMILES string of the molecule is CC(C)COc1ccc(CN(Cc2ccncc2)C(=O)Cc2ccsc2)cc1. The molecule has 2 heterocycles. The van der Waals surface area contributed by atoms with Gasteiger partial charge in [0, 0.05) is 25.5 Å². The highest BCUT2D eigenvalue weighted by Crippen LogP contribution is 2.17. The van der Waals surface area contributed by atoms with Crippen molar-refractivity contribution in [3.05, 3.63) is 82.3 Å². The Labute approximate surface area is 170 Å². The second-order valence-corrected chi connectivity index (χ2v) is 8.04. The van der Waals surface area contributed by atoms with E-state index in [-0.39, 0.29) is 5.91 Å². The third-order valence-corrected chi connectivity index (χ3v) is 5.02. The molecule has 0 saturated heterocycles. The number of hydrogen-bond acceptors (Lipinski definition) is 4. The van der Waals surface area contributed by atoms with Gasteiger partial charge in [-0.15, -0.1) is 0 Å². The average molecular weight is 395 g/mol. The molecule has 0 aliphatic rings. The van der Waals surface area contributed by atoms with E-state index in [4.69, 9.17) is 4.74 Å². The normalized spacial score (nSPS) is 10.8. The molecule has 0 aliphatic carbocycles. The molecule has 3 aromatic rings. The Bertz CT molecular complexity index is 846. The van der Waals surface area contributed by atoms with Crippen molar-refractivity contribution in [2.45, 2.75) is 33.4 Å². The lowest BCUT2D eigenvalue weighted by molar-refractivity contribution is -0.131. The number of carbonyl (C=O) groups is 1. The number of rotatable bonds is 9. The molecule has 5 heteroatoms. The Morgan fingerprint density at radius 2 is 1.68 bits per heavy atom. The standard InChI is InChI=1S/C23H26N2O2S/c1-18(2)16-27-22-5-3-19(4-6-22)14-25(15-20-7-10-24-11-8-20)23(26)13-21-9-12-28-17-21/h3-12,17-18H,13-16H2,1-2H3. The van der Waals surface area contributed by atoms with E-state index in [0.29, 0.717) is 32.0 Å². The molecule has 0 spiro atoms. The summed E-state index contributed by atoms with van der Waals surface area (Å²) < 4.78 is 5.75. The molecular formula is C23H26N2O2S. The summed E-state index contributed by atoms with van der Waals surface area (Å²) in [5.41, 5.74) is 3.22. The molecule has 0 unspecified atom stereocenters. The lowest BCUT2D eigenvalue weighted by Crippen LogP contribution is -2.31. The first-order valence-electron chi connectivity index (χ1n) is 9.49. The quantitative estimate of drug-likeness (QED) is 0.516. The Kier molecular flexibility index (Phi) is 7.20. The number of pyridine rings is 1. The Balaban J connectivity index is 1.69. The maximum Gasteiger partial charge on any atom is 0.227 e. The van der Waals surface area contributed by atoms with Crippen LogP contribution in [0.25, 0.3) is 0 Å². The van der Waals surface area contributed by atoms with Gasteiger partial charge < -0.3 is 9.64 Å². The van der Waals surface area contributed by atoms with Crippen LogP contribution >= 0.6 is 11.3 Å². The predicted molar refractivity (Wildman–Crippen MR) is 113 cm³/mol. The molecule has 1 amide bonds. The van der Waals surface area contributed by atoms with E-state index in [1.165, 1.54) is 0 Å². The van der Waals surface area contributed by atoms with E-state index in [1.54, 1.807) is 23.7 Å². The summed E-state index contributed by atoms with van der Waals surface area (Å²) in [4.78, 5) is 18.9. The first-order chi connectivity index (χ1) is 13.6. The lowest BCUT2D eigenvalue weighted by atomic mass is 10.1. The number of benzene rings is 1. The number of aromatic nitrogens is 1. The van der Waals surface area contributed by atoms with Crippen LogP contribution in [0.5, 0.6) is 5.75 Å². The number of thiophene rings is 1. The van der Waals surface area contributed by atoms with Crippen LogP contribution in [0.3, 0.4) is 0 Å². The summed E-state index contributed by atoms with van der Waals surface area (Å²) in [5.74, 6) is 1.48. The summed E-state index contributed by atoms with van der Waals surface area (Å²) >= 11 is 1.62. The molecule has 3 rings (SSSR count).